The van der Waals surface area contributed by atoms with Crippen molar-refractivity contribution in [3.63, 3.8) is 0 Å². The Morgan fingerprint density at radius 2 is 1.88 bits per heavy atom. The van der Waals surface area contributed by atoms with Crippen molar-refractivity contribution in [2.75, 3.05) is 46.6 Å². The molecule has 1 N–H and O–H groups in total. The molecular formula is C24H29ClN4O5. The Morgan fingerprint density at radius 3 is 2.65 bits per heavy atom. The maximum Gasteiger partial charge on any atom is 0.161 e. The van der Waals surface area contributed by atoms with E-state index < -0.39 is 5.60 Å². The lowest BCUT2D eigenvalue weighted by atomic mass is 10.1. The van der Waals surface area contributed by atoms with E-state index in [4.69, 9.17) is 30.5 Å². The van der Waals surface area contributed by atoms with Gasteiger partial charge in [-0.3, -0.25) is 4.90 Å². The van der Waals surface area contributed by atoms with Crippen molar-refractivity contribution >= 4 is 11.6 Å². The Morgan fingerprint density at radius 1 is 1.09 bits per heavy atom. The van der Waals surface area contributed by atoms with Gasteiger partial charge in [-0.25, -0.2) is 0 Å². The van der Waals surface area contributed by atoms with Gasteiger partial charge in [0.25, 0.3) is 0 Å². The maximum atomic E-state index is 11.2. The molecule has 0 saturated carbocycles. The molecule has 1 aromatic heterocycles. The van der Waals surface area contributed by atoms with Crippen LogP contribution in [0.25, 0.3) is 0 Å². The minimum Gasteiger partial charge on any atom is -0.493 e. The van der Waals surface area contributed by atoms with Gasteiger partial charge in [-0.1, -0.05) is 17.7 Å². The van der Waals surface area contributed by atoms with Gasteiger partial charge >= 0.3 is 0 Å². The average Bonchev–Trinajstić information content (AvgIpc) is 3.28. The van der Waals surface area contributed by atoms with Crippen molar-refractivity contribution in [2.24, 2.45) is 0 Å². The highest BCUT2D eigenvalue weighted by Gasteiger charge is 2.33. The molecule has 0 unspecified atom stereocenters. The largest absolute Gasteiger partial charge is 0.493 e. The van der Waals surface area contributed by atoms with Crippen molar-refractivity contribution in [1.29, 1.82) is 0 Å². The van der Waals surface area contributed by atoms with E-state index >= 15 is 0 Å². The van der Waals surface area contributed by atoms with Crippen molar-refractivity contribution < 1.29 is 24.1 Å². The molecule has 4 rings (SSSR count). The zero-order valence-corrected chi connectivity index (χ0v) is 19.9. The van der Waals surface area contributed by atoms with Crippen LogP contribution in [0.3, 0.4) is 0 Å². The SMILES string of the molecule is COc1ccc(CN2CCOC[C@](O)(COc3ccc(Cl)cc3)C2)cc1OCCn1cnnc1. The summed E-state index contributed by atoms with van der Waals surface area (Å²) in [4.78, 5) is 2.15. The molecule has 3 aromatic rings. The summed E-state index contributed by atoms with van der Waals surface area (Å²) in [5, 5.41) is 19.4. The second-order valence-electron chi connectivity index (χ2n) is 8.26. The van der Waals surface area contributed by atoms with Crippen LogP contribution in [0.5, 0.6) is 17.2 Å². The summed E-state index contributed by atoms with van der Waals surface area (Å²) in [7, 11) is 1.62. The normalized spacial score (nSPS) is 18.9. The summed E-state index contributed by atoms with van der Waals surface area (Å²) >= 11 is 5.93. The van der Waals surface area contributed by atoms with Crippen LogP contribution in [0.15, 0.2) is 55.1 Å². The molecule has 1 aliphatic heterocycles. The Kier molecular flexibility index (Phi) is 8.23. The summed E-state index contributed by atoms with van der Waals surface area (Å²) in [6.45, 7) is 3.67. The lowest BCUT2D eigenvalue weighted by Gasteiger charge is -2.30. The molecule has 1 fully saturated rings. The molecule has 0 radical (unpaired) electrons. The molecule has 9 nitrogen and oxygen atoms in total. The molecule has 182 valence electrons. The number of benzene rings is 2. The quantitative estimate of drug-likeness (QED) is 0.466. The first kappa shape index (κ1) is 24.3. The first-order valence-electron chi connectivity index (χ1n) is 11.1. The first-order chi connectivity index (χ1) is 16.5. The second kappa shape index (κ2) is 11.5. The van der Waals surface area contributed by atoms with Crippen molar-refractivity contribution in [3.05, 3.63) is 65.7 Å². The van der Waals surface area contributed by atoms with Crippen LogP contribution in [0, 0.1) is 0 Å². The van der Waals surface area contributed by atoms with Crippen LogP contribution < -0.4 is 14.2 Å². The highest BCUT2D eigenvalue weighted by Crippen LogP contribution is 2.29. The third-order valence-electron chi connectivity index (χ3n) is 5.47. The van der Waals surface area contributed by atoms with E-state index in [2.05, 4.69) is 15.1 Å². The van der Waals surface area contributed by atoms with Crippen molar-refractivity contribution in [3.8, 4) is 17.2 Å². The molecule has 1 aliphatic rings. The van der Waals surface area contributed by atoms with Gasteiger partial charge in [0, 0.05) is 24.7 Å². The lowest BCUT2D eigenvalue weighted by Crippen LogP contribution is -2.48. The summed E-state index contributed by atoms with van der Waals surface area (Å²) in [6, 6.07) is 12.9. The smallest absolute Gasteiger partial charge is 0.161 e. The molecule has 1 saturated heterocycles. The monoisotopic (exact) mass is 488 g/mol. The zero-order valence-electron chi connectivity index (χ0n) is 19.1. The number of nitrogens with zero attached hydrogens (tertiary/aromatic N) is 4. The van der Waals surface area contributed by atoms with Crippen molar-refractivity contribution in [1.82, 2.24) is 19.7 Å². The van der Waals surface area contributed by atoms with Crippen LogP contribution >= 0.6 is 11.6 Å². The van der Waals surface area contributed by atoms with E-state index in [1.165, 1.54) is 0 Å². The number of rotatable bonds is 10. The number of hydrogen-bond acceptors (Lipinski definition) is 8. The molecule has 2 heterocycles. The summed E-state index contributed by atoms with van der Waals surface area (Å²) in [5.41, 5.74) is -0.0937. The maximum absolute atomic E-state index is 11.2. The molecule has 0 spiro atoms. The van der Waals surface area contributed by atoms with Gasteiger partial charge in [-0.05, 0) is 42.0 Å². The average molecular weight is 489 g/mol. The number of ether oxygens (including phenoxy) is 4. The van der Waals surface area contributed by atoms with Gasteiger partial charge in [-0.15, -0.1) is 10.2 Å². The minimum absolute atomic E-state index is 0.116. The Bertz CT molecular complexity index is 1030. The molecule has 10 heteroatoms. The van der Waals surface area contributed by atoms with Crippen LogP contribution in [-0.2, 0) is 17.8 Å². The topological polar surface area (TPSA) is 91.1 Å². The van der Waals surface area contributed by atoms with E-state index in [0.717, 1.165) is 5.56 Å². The standard InChI is InChI=1S/C24H29ClN4O5/c1-31-22-7-2-19(12-23(22)33-11-9-29-17-26-27-18-29)13-28-8-10-32-15-24(30,14-28)16-34-21-5-3-20(25)4-6-21/h2-7,12,17-18,30H,8-11,13-16H2,1H3/t24-/m0/s1. The molecule has 2 aromatic carbocycles. The molecular weight excluding hydrogens is 460 g/mol. The zero-order chi connectivity index (χ0) is 23.8. The number of aliphatic hydroxyl groups is 1. The molecule has 0 aliphatic carbocycles. The van der Waals surface area contributed by atoms with Crippen LogP contribution in [-0.4, -0.2) is 77.0 Å². The summed E-state index contributed by atoms with van der Waals surface area (Å²) in [5.74, 6) is 1.98. The second-order valence-corrected chi connectivity index (χ2v) is 8.70. The lowest BCUT2D eigenvalue weighted by molar-refractivity contribution is -0.0646. The van der Waals surface area contributed by atoms with Crippen molar-refractivity contribution in [2.45, 2.75) is 18.7 Å². The summed E-state index contributed by atoms with van der Waals surface area (Å²) < 4.78 is 24.8. The molecule has 1 atom stereocenters. The highest BCUT2D eigenvalue weighted by atomic mass is 35.5. The van der Waals surface area contributed by atoms with Gasteiger partial charge in [0.15, 0.2) is 11.5 Å². The fourth-order valence-corrected chi connectivity index (χ4v) is 3.88. The predicted molar refractivity (Wildman–Crippen MR) is 127 cm³/mol. The van der Waals surface area contributed by atoms with Gasteiger partial charge in [0.1, 0.15) is 37.2 Å². The van der Waals surface area contributed by atoms with Crippen LogP contribution in [0.1, 0.15) is 5.56 Å². The van der Waals surface area contributed by atoms with Crippen LogP contribution in [0.4, 0.5) is 0 Å². The van der Waals surface area contributed by atoms with Gasteiger partial charge < -0.3 is 28.6 Å². The third-order valence-corrected chi connectivity index (χ3v) is 5.72. The van der Waals surface area contributed by atoms with E-state index in [-0.39, 0.29) is 13.2 Å². The summed E-state index contributed by atoms with van der Waals surface area (Å²) in [6.07, 6.45) is 3.30. The molecule has 34 heavy (non-hydrogen) atoms. The molecule has 0 bridgehead atoms. The highest BCUT2D eigenvalue weighted by molar-refractivity contribution is 6.30. The number of halogens is 1. The van der Waals surface area contributed by atoms with Crippen LogP contribution in [0.2, 0.25) is 5.02 Å². The number of aromatic nitrogens is 3. The number of β-amino-alcohol motifs (C(OH)–C–C–N with tert-alkyl or cyclic N) is 1. The van der Waals surface area contributed by atoms with Gasteiger partial charge in [-0.2, -0.15) is 0 Å². The number of hydrogen-bond donors (Lipinski definition) is 1. The fraction of sp³-hybridized carbons (Fsp3) is 0.417. The van der Waals surface area contributed by atoms with E-state index in [9.17, 15) is 5.11 Å². The fourth-order valence-electron chi connectivity index (χ4n) is 3.76. The Hall–Kier alpha value is -2.85. The minimum atomic E-state index is -1.14. The van der Waals surface area contributed by atoms with Gasteiger partial charge in [0.05, 0.1) is 26.9 Å². The first-order valence-corrected chi connectivity index (χ1v) is 11.4. The van der Waals surface area contributed by atoms with E-state index in [1.807, 2.05) is 22.8 Å². The molecule has 0 amide bonds. The third kappa shape index (κ3) is 6.83. The predicted octanol–water partition coefficient (Wildman–Crippen LogP) is 2.66. The van der Waals surface area contributed by atoms with E-state index in [1.54, 1.807) is 44.0 Å². The Labute approximate surface area is 203 Å². The Balaban J connectivity index is 1.37. The number of methoxy groups -OCH3 is 1. The van der Waals surface area contributed by atoms with Gasteiger partial charge in [0.2, 0.25) is 0 Å². The van der Waals surface area contributed by atoms with E-state index in [0.29, 0.717) is 61.7 Å².